The predicted octanol–water partition coefficient (Wildman–Crippen LogP) is 2.11. The maximum absolute atomic E-state index is 10.3. The van der Waals surface area contributed by atoms with Crippen LogP contribution < -0.4 is 9.47 Å². The predicted molar refractivity (Wildman–Crippen MR) is 69.4 cm³/mol. The third-order valence-corrected chi connectivity index (χ3v) is 3.03. The molecule has 1 rings (SSSR count). The summed E-state index contributed by atoms with van der Waals surface area (Å²) in [6.45, 7) is 0.0469. The third kappa shape index (κ3) is 4.19. The van der Waals surface area contributed by atoms with Gasteiger partial charge in [0.1, 0.15) is 6.61 Å². The lowest BCUT2D eigenvalue weighted by Crippen LogP contribution is -2.09. The summed E-state index contributed by atoms with van der Waals surface area (Å²) in [5.41, 5.74) is 0.970. The molecule has 0 aliphatic heterocycles. The Morgan fingerprint density at radius 2 is 1.89 bits per heavy atom. The van der Waals surface area contributed by atoms with Crippen molar-refractivity contribution < 1.29 is 24.1 Å². The molecule has 0 radical (unpaired) electrons. The van der Waals surface area contributed by atoms with Crippen LogP contribution in [0, 0.1) is 0 Å². The monoisotopic (exact) mass is 318 g/mol. The molecule has 0 amide bonds. The van der Waals surface area contributed by atoms with Gasteiger partial charge in [0.05, 0.1) is 20.8 Å². The van der Waals surface area contributed by atoms with E-state index in [9.17, 15) is 4.79 Å². The molecule has 0 aliphatic carbocycles. The molecule has 6 heteroatoms. The average molecular weight is 319 g/mol. The highest BCUT2D eigenvalue weighted by molar-refractivity contribution is 9.10. The number of hydrogen-bond acceptors (Lipinski definition) is 4. The maximum Gasteiger partial charge on any atom is 0.329 e. The van der Waals surface area contributed by atoms with Crippen molar-refractivity contribution >= 4 is 21.9 Å². The second kappa shape index (κ2) is 7.23. The summed E-state index contributed by atoms with van der Waals surface area (Å²) in [4.78, 5) is 10.3. The number of carbonyl (C=O) groups is 1. The van der Waals surface area contributed by atoms with Crippen LogP contribution in [0.5, 0.6) is 11.5 Å². The molecule has 100 valence electrons. The van der Waals surface area contributed by atoms with Gasteiger partial charge in [0.15, 0.2) is 11.5 Å². The first-order chi connectivity index (χ1) is 8.58. The van der Waals surface area contributed by atoms with E-state index in [1.54, 1.807) is 14.2 Å². The lowest BCUT2D eigenvalue weighted by molar-refractivity contribution is -0.142. The van der Waals surface area contributed by atoms with Gasteiger partial charge >= 0.3 is 5.97 Å². The summed E-state index contributed by atoms with van der Waals surface area (Å²) in [6.07, 6.45) is 0.591. The van der Waals surface area contributed by atoms with E-state index in [4.69, 9.17) is 19.3 Å². The molecule has 5 nitrogen and oxygen atoms in total. The normalized spacial score (nSPS) is 10.2. The second-order valence-corrected chi connectivity index (χ2v) is 4.35. The van der Waals surface area contributed by atoms with Crippen molar-refractivity contribution in [3.63, 3.8) is 0 Å². The van der Waals surface area contributed by atoms with E-state index < -0.39 is 5.97 Å². The minimum absolute atomic E-state index is 0.287. The van der Waals surface area contributed by atoms with Crippen LogP contribution in [0.25, 0.3) is 0 Å². The van der Waals surface area contributed by atoms with Gasteiger partial charge in [0, 0.05) is 4.47 Å². The number of carboxylic acid groups (broad SMARTS) is 1. The zero-order valence-electron chi connectivity index (χ0n) is 10.2. The molecule has 0 atom stereocenters. The first kappa shape index (κ1) is 14.8. The maximum atomic E-state index is 10.3. The summed E-state index contributed by atoms with van der Waals surface area (Å²) in [5, 5.41) is 8.44. The molecule has 1 aromatic carbocycles. The molecular weight excluding hydrogens is 304 g/mol. The van der Waals surface area contributed by atoms with Crippen molar-refractivity contribution in [2.75, 3.05) is 27.4 Å². The number of carboxylic acids is 1. The molecule has 0 heterocycles. The van der Waals surface area contributed by atoms with Gasteiger partial charge in [-0.2, -0.15) is 0 Å². The Hall–Kier alpha value is -1.27. The van der Waals surface area contributed by atoms with Crippen LogP contribution in [0.15, 0.2) is 16.6 Å². The Kier molecular flexibility index (Phi) is 5.94. The van der Waals surface area contributed by atoms with E-state index in [-0.39, 0.29) is 6.61 Å². The van der Waals surface area contributed by atoms with E-state index in [1.165, 1.54) is 0 Å². The Balaban J connectivity index is 2.68. The van der Waals surface area contributed by atoms with Crippen molar-refractivity contribution in [3.05, 3.63) is 22.2 Å². The van der Waals surface area contributed by atoms with Gasteiger partial charge in [-0.15, -0.1) is 0 Å². The van der Waals surface area contributed by atoms with E-state index in [0.29, 0.717) is 24.5 Å². The fourth-order valence-corrected chi connectivity index (χ4v) is 1.95. The van der Waals surface area contributed by atoms with Crippen LogP contribution in [-0.4, -0.2) is 38.5 Å². The molecule has 0 aromatic heterocycles. The van der Waals surface area contributed by atoms with E-state index in [2.05, 4.69) is 15.9 Å². The standard InChI is InChI=1S/C12H15BrO5/c1-16-10-5-8(3-4-18-7-12(14)15)9(13)6-11(10)17-2/h5-6H,3-4,7H2,1-2H3,(H,14,15). The fraction of sp³-hybridized carbons (Fsp3) is 0.417. The number of halogens is 1. The number of benzene rings is 1. The van der Waals surface area contributed by atoms with Crippen LogP contribution in [0.1, 0.15) is 5.56 Å². The lowest BCUT2D eigenvalue weighted by atomic mass is 10.1. The van der Waals surface area contributed by atoms with Crippen LogP contribution in [-0.2, 0) is 16.0 Å². The molecule has 0 saturated carbocycles. The zero-order chi connectivity index (χ0) is 13.5. The average Bonchev–Trinajstić information content (AvgIpc) is 2.35. The molecule has 18 heavy (non-hydrogen) atoms. The summed E-state index contributed by atoms with van der Waals surface area (Å²) in [7, 11) is 3.14. The Morgan fingerprint density at radius 3 is 2.44 bits per heavy atom. The molecule has 0 saturated heterocycles. The van der Waals surface area contributed by atoms with Gasteiger partial charge in [0.2, 0.25) is 0 Å². The molecule has 0 unspecified atom stereocenters. The Bertz CT molecular complexity index is 419. The third-order valence-electron chi connectivity index (χ3n) is 2.29. The molecule has 1 aromatic rings. The minimum Gasteiger partial charge on any atom is -0.493 e. The number of rotatable bonds is 7. The molecule has 0 fully saturated rings. The number of ether oxygens (including phenoxy) is 3. The number of hydrogen-bond donors (Lipinski definition) is 1. The Labute approximate surface area is 114 Å². The van der Waals surface area contributed by atoms with Gasteiger partial charge < -0.3 is 19.3 Å². The summed E-state index contributed by atoms with van der Waals surface area (Å²) in [6, 6.07) is 3.65. The fourth-order valence-electron chi connectivity index (χ4n) is 1.43. The Morgan fingerprint density at radius 1 is 1.28 bits per heavy atom. The van der Waals surface area contributed by atoms with Crippen LogP contribution in [0.2, 0.25) is 0 Å². The molecule has 1 N–H and O–H groups in total. The highest BCUT2D eigenvalue weighted by atomic mass is 79.9. The first-order valence-electron chi connectivity index (χ1n) is 5.28. The van der Waals surface area contributed by atoms with Crippen molar-refractivity contribution in [1.82, 2.24) is 0 Å². The van der Waals surface area contributed by atoms with Crippen LogP contribution in [0.3, 0.4) is 0 Å². The summed E-state index contributed by atoms with van der Waals surface area (Å²) < 4.78 is 16.2. The lowest BCUT2D eigenvalue weighted by Gasteiger charge is -2.11. The molecule has 0 bridgehead atoms. The van der Waals surface area contributed by atoms with Gasteiger partial charge in [0.25, 0.3) is 0 Å². The van der Waals surface area contributed by atoms with Crippen molar-refractivity contribution in [1.29, 1.82) is 0 Å². The SMILES string of the molecule is COc1cc(Br)c(CCOCC(=O)O)cc1OC. The largest absolute Gasteiger partial charge is 0.493 e. The highest BCUT2D eigenvalue weighted by Gasteiger charge is 2.09. The topological polar surface area (TPSA) is 65.0 Å². The van der Waals surface area contributed by atoms with Crippen molar-refractivity contribution in [3.8, 4) is 11.5 Å². The molecule has 0 aliphatic rings. The quantitative estimate of drug-likeness (QED) is 0.780. The van der Waals surface area contributed by atoms with Gasteiger partial charge in [-0.25, -0.2) is 4.79 Å². The molecule has 0 spiro atoms. The van der Waals surface area contributed by atoms with E-state index >= 15 is 0 Å². The number of methoxy groups -OCH3 is 2. The summed E-state index contributed by atoms with van der Waals surface area (Å²) in [5.74, 6) is 0.301. The van der Waals surface area contributed by atoms with Crippen molar-refractivity contribution in [2.24, 2.45) is 0 Å². The van der Waals surface area contributed by atoms with E-state index in [1.807, 2.05) is 12.1 Å². The molecular formula is C12H15BrO5. The van der Waals surface area contributed by atoms with Crippen LogP contribution in [0.4, 0.5) is 0 Å². The van der Waals surface area contributed by atoms with Crippen LogP contribution >= 0.6 is 15.9 Å². The summed E-state index contributed by atoms with van der Waals surface area (Å²) >= 11 is 3.42. The first-order valence-corrected chi connectivity index (χ1v) is 6.07. The number of aliphatic carboxylic acids is 1. The van der Waals surface area contributed by atoms with E-state index in [0.717, 1.165) is 10.0 Å². The van der Waals surface area contributed by atoms with Crippen molar-refractivity contribution in [2.45, 2.75) is 6.42 Å². The smallest absolute Gasteiger partial charge is 0.329 e. The highest BCUT2D eigenvalue weighted by Crippen LogP contribution is 2.33. The van der Waals surface area contributed by atoms with Gasteiger partial charge in [-0.1, -0.05) is 15.9 Å². The second-order valence-electron chi connectivity index (χ2n) is 3.49. The zero-order valence-corrected chi connectivity index (χ0v) is 11.8. The van der Waals surface area contributed by atoms with Gasteiger partial charge in [-0.05, 0) is 24.1 Å². The van der Waals surface area contributed by atoms with Gasteiger partial charge in [-0.3, -0.25) is 0 Å². The minimum atomic E-state index is -0.971.